The Morgan fingerprint density at radius 3 is 2.00 bits per heavy atom. The summed E-state index contributed by atoms with van der Waals surface area (Å²) in [4.78, 5) is 30.9. The molecule has 0 fully saturated rings. The van der Waals surface area contributed by atoms with Crippen LogP contribution in [0.15, 0.2) is 0 Å². The fourth-order valence-corrected chi connectivity index (χ4v) is 1.30. The van der Waals surface area contributed by atoms with Gasteiger partial charge in [0.1, 0.15) is 31.0 Å². The van der Waals surface area contributed by atoms with Crippen molar-refractivity contribution < 1.29 is 49.2 Å². The Bertz CT molecular complexity index is 319. The zero-order valence-electron chi connectivity index (χ0n) is 9.66. The molecular formula is C7H13BaO10P. The van der Waals surface area contributed by atoms with Crippen LogP contribution >= 0.6 is 7.82 Å². The zero-order chi connectivity index (χ0) is 14.5. The molecule has 0 bridgehead atoms. The zero-order valence-corrected chi connectivity index (χ0v) is 15.0. The van der Waals surface area contributed by atoms with Gasteiger partial charge in [-0.1, -0.05) is 0 Å². The molecule has 0 aliphatic carbocycles. The number of aliphatic hydroxyl groups excluding tert-OH is 5. The molecule has 5 N–H and O–H groups in total. The van der Waals surface area contributed by atoms with Gasteiger partial charge in [-0.05, 0) is 0 Å². The minimum absolute atomic E-state index is 0. The standard InChI is InChI=1S/C7H15O10P.Ba/c8-1-3(9)5(11)7(13)6(12)4(10)2-17-18(14,15)16;/h4-8,10-13H,1-2H2,(H2,14,15,16);/q;+2/p-2/t4-,5-,6-,7+;/m1./s1. The molecule has 0 heterocycles. The summed E-state index contributed by atoms with van der Waals surface area (Å²) in [6.07, 6.45) is -8.54. The molecule has 4 atom stereocenters. The van der Waals surface area contributed by atoms with Crippen LogP contribution in [-0.4, -0.2) is 118 Å². The van der Waals surface area contributed by atoms with E-state index in [1.165, 1.54) is 0 Å². The molecule has 0 aromatic heterocycles. The van der Waals surface area contributed by atoms with Gasteiger partial charge in [-0.15, -0.1) is 0 Å². The first-order valence-electron chi connectivity index (χ1n) is 4.62. The van der Waals surface area contributed by atoms with Gasteiger partial charge in [0.25, 0.3) is 0 Å². The number of ketones is 1. The van der Waals surface area contributed by atoms with Crippen LogP contribution in [-0.2, 0) is 13.9 Å². The molecule has 0 amide bonds. The minimum atomic E-state index is -5.36. The molecule has 0 aromatic rings. The average Bonchev–Trinajstić information content (AvgIpc) is 2.31. The monoisotopic (exact) mass is 426 g/mol. The van der Waals surface area contributed by atoms with Gasteiger partial charge in [0.2, 0.25) is 0 Å². The molecule has 0 radical (unpaired) electrons. The summed E-state index contributed by atoms with van der Waals surface area (Å²) in [5.41, 5.74) is 0. The van der Waals surface area contributed by atoms with Crippen LogP contribution in [0.5, 0.6) is 0 Å². The predicted molar refractivity (Wildman–Crippen MR) is 55.4 cm³/mol. The van der Waals surface area contributed by atoms with Crippen molar-refractivity contribution >= 4 is 62.5 Å². The fraction of sp³-hybridized carbons (Fsp3) is 0.857. The number of phosphoric acid groups is 1. The van der Waals surface area contributed by atoms with Crippen molar-refractivity contribution in [1.82, 2.24) is 0 Å². The van der Waals surface area contributed by atoms with Crippen molar-refractivity contribution in [3.05, 3.63) is 0 Å². The quantitative estimate of drug-likeness (QED) is 0.185. The van der Waals surface area contributed by atoms with Gasteiger partial charge in [0.15, 0.2) is 5.78 Å². The van der Waals surface area contributed by atoms with Crippen LogP contribution in [0.25, 0.3) is 0 Å². The third-order valence-corrected chi connectivity index (χ3v) is 2.42. The Labute approximate surface area is 148 Å². The summed E-state index contributed by atoms with van der Waals surface area (Å²) in [5, 5.41) is 45.0. The van der Waals surface area contributed by atoms with E-state index in [-0.39, 0.29) is 48.9 Å². The van der Waals surface area contributed by atoms with Gasteiger partial charge in [0.05, 0.1) is 14.4 Å². The molecule has 0 saturated carbocycles. The molecule has 0 aromatic carbocycles. The molecule has 108 valence electrons. The Hall–Kier alpha value is 1.15. The number of rotatable bonds is 8. The van der Waals surface area contributed by atoms with E-state index in [0.29, 0.717) is 0 Å². The van der Waals surface area contributed by atoms with Crippen molar-refractivity contribution in [1.29, 1.82) is 0 Å². The number of phosphoric ester groups is 1. The van der Waals surface area contributed by atoms with E-state index in [2.05, 4.69) is 4.52 Å². The summed E-state index contributed by atoms with van der Waals surface area (Å²) in [5.74, 6) is -1.21. The predicted octanol–water partition coefficient (Wildman–Crippen LogP) is -5.54. The largest absolute Gasteiger partial charge is 2.00 e. The van der Waals surface area contributed by atoms with E-state index in [1.807, 2.05) is 0 Å². The first kappa shape index (κ1) is 22.4. The van der Waals surface area contributed by atoms with Crippen molar-refractivity contribution in [2.45, 2.75) is 24.4 Å². The minimum Gasteiger partial charge on any atom is -0.790 e. The van der Waals surface area contributed by atoms with Gasteiger partial charge in [-0.3, -0.25) is 4.79 Å². The number of aliphatic hydroxyl groups is 5. The van der Waals surface area contributed by atoms with Gasteiger partial charge in [-0.25, -0.2) is 0 Å². The maximum absolute atomic E-state index is 10.8. The van der Waals surface area contributed by atoms with E-state index in [4.69, 9.17) is 15.3 Å². The molecule has 19 heavy (non-hydrogen) atoms. The van der Waals surface area contributed by atoms with E-state index >= 15 is 0 Å². The number of carbonyl (C=O) groups excluding carboxylic acids is 1. The van der Waals surface area contributed by atoms with Gasteiger partial charge in [0, 0.05) is 0 Å². The molecule has 12 heteroatoms. The molecule has 0 spiro atoms. The Balaban J connectivity index is 0. The normalized spacial score (nSPS) is 18.1. The summed E-state index contributed by atoms with van der Waals surface area (Å²) < 4.78 is 13.7. The maximum Gasteiger partial charge on any atom is 2.00 e. The third kappa shape index (κ3) is 8.91. The summed E-state index contributed by atoms with van der Waals surface area (Å²) in [6.45, 7) is -2.25. The molecule has 0 aliphatic rings. The molecule has 0 saturated heterocycles. The molecule has 0 aliphatic heterocycles. The average molecular weight is 425 g/mol. The Kier molecular flexibility index (Phi) is 11.8. The van der Waals surface area contributed by atoms with E-state index in [1.54, 1.807) is 0 Å². The van der Waals surface area contributed by atoms with Crippen LogP contribution in [0.2, 0.25) is 0 Å². The van der Waals surface area contributed by atoms with Crippen LogP contribution in [0.1, 0.15) is 0 Å². The molecule has 10 nitrogen and oxygen atoms in total. The Morgan fingerprint density at radius 1 is 1.16 bits per heavy atom. The number of hydrogen-bond acceptors (Lipinski definition) is 10. The Morgan fingerprint density at radius 2 is 1.63 bits per heavy atom. The first-order chi connectivity index (χ1) is 8.10. The summed E-state index contributed by atoms with van der Waals surface area (Å²) in [7, 11) is -5.36. The van der Waals surface area contributed by atoms with Crippen LogP contribution < -0.4 is 9.79 Å². The summed E-state index contributed by atoms with van der Waals surface area (Å²) in [6, 6.07) is 0. The van der Waals surface area contributed by atoms with Gasteiger partial charge < -0.3 is 44.4 Å². The van der Waals surface area contributed by atoms with E-state index in [0.717, 1.165) is 0 Å². The smallest absolute Gasteiger partial charge is 0.790 e. The topological polar surface area (TPSA) is 191 Å². The van der Waals surface area contributed by atoms with E-state index in [9.17, 15) is 29.4 Å². The van der Waals surface area contributed by atoms with Crippen molar-refractivity contribution in [3.8, 4) is 0 Å². The molecule has 0 unspecified atom stereocenters. The third-order valence-electron chi connectivity index (χ3n) is 1.96. The fourth-order valence-electron chi connectivity index (χ4n) is 0.965. The molecular weight excluding hydrogens is 412 g/mol. The second kappa shape index (κ2) is 9.97. The van der Waals surface area contributed by atoms with Gasteiger partial charge >= 0.3 is 48.9 Å². The summed E-state index contributed by atoms with van der Waals surface area (Å²) >= 11 is 0. The van der Waals surface area contributed by atoms with Crippen LogP contribution in [0.4, 0.5) is 0 Å². The van der Waals surface area contributed by atoms with Crippen LogP contribution in [0, 0.1) is 0 Å². The van der Waals surface area contributed by atoms with Crippen LogP contribution in [0.3, 0.4) is 0 Å². The number of carbonyl (C=O) groups is 1. The second-order valence-corrected chi connectivity index (χ2v) is 4.51. The van der Waals surface area contributed by atoms with E-state index < -0.39 is 51.2 Å². The maximum atomic E-state index is 10.8. The number of hydrogen-bond donors (Lipinski definition) is 5. The van der Waals surface area contributed by atoms with Crippen molar-refractivity contribution in [2.24, 2.45) is 0 Å². The van der Waals surface area contributed by atoms with Crippen molar-refractivity contribution in [2.75, 3.05) is 13.2 Å². The molecule has 0 rings (SSSR count). The number of Topliss-reactive ketones (excluding diaryl/α,β-unsaturated/α-hetero) is 1. The second-order valence-electron chi connectivity index (χ2n) is 3.36. The van der Waals surface area contributed by atoms with Crippen molar-refractivity contribution in [3.63, 3.8) is 0 Å². The van der Waals surface area contributed by atoms with Gasteiger partial charge in [-0.2, -0.15) is 0 Å². The first-order valence-corrected chi connectivity index (χ1v) is 6.08. The SMILES string of the molecule is O=C(CO)[C@@H](O)[C@H](O)[C@H](O)[C@H](O)COP(=O)([O-])[O-].[Ba+2].